The fourth-order valence-electron chi connectivity index (χ4n) is 2.71. The van der Waals surface area contributed by atoms with Crippen molar-refractivity contribution in [1.82, 2.24) is 15.6 Å². The molecule has 2 N–H and O–H groups in total. The van der Waals surface area contributed by atoms with Crippen molar-refractivity contribution < 1.29 is 14.0 Å². The molecule has 0 aliphatic heterocycles. The number of aromatic nitrogens is 1. The van der Waals surface area contributed by atoms with E-state index in [2.05, 4.69) is 15.6 Å². The Balaban J connectivity index is 1.65. The van der Waals surface area contributed by atoms with Crippen LogP contribution < -0.4 is 10.6 Å². The highest BCUT2D eigenvalue weighted by molar-refractivity contribution is 5.99. The molecule has 3 aromatic rings. The first-order valence-corrected chi connectivity index (χ1v) is 8.87. The number of amides is 2. The second kappa shape index (κ2) is 8.90. The van der Waals surface area contributed by atoms with Gasteiger partial charge in [-0.2, -0.15) is 0 Å². The van der Waals surface area contributed by atoms with E-state index in [1.165, 1.54) is 24.5 Å². The summed E-state index contributed by atoms with van der Waals surface area (Å²) >= 11 is 0. The van der Waals surface area contributed by atoms with Crippen molar-refractivity contribution in [1.29, 1.82) is 0 Å². The molecule has 142 valence electrons. The molecule has 0 saturated heterocycles. The van der Waals surface area contributed by atoms with E-state index in [-0.39, 0.29) is 35.4 Å². The first-order valence-electron chi connectivity index (χ1n) is 8.87. The Labute approximate surface area is 162 Å². The zero-order valence-corrected chi connectivity index (χ0v) is 15.4. The van der Waals surface area contributed by atoms with Gasteiger partial charge in [-0.3, -0.25) is 14.6 Å². The van der Waals surface area contributed by atoms with Gasteiger partial charge in [-0.05, 0) is 24.6 Å². The summed E-state index contributed by atoms with van der Waals surface area (Å²) in [5.41, 5.74) is 1.87. The van der Waals surface area contributed by atoms with Crippen molar-refractivity contribution in [3.8, 4) is 0 Å². The summed E-state index contributed by atoms with van der Waals surface area (Å²) in [5.74, 6) is -1.14. The van der Waals surface area contributed by atoms with Crippen molar-refractivity contribution >= 4 is 11.8 Å². The highest BCUT2D eigenvalue weighted by Gasteiger charge is 2.14. The molecule has 28 heavy (non-hydrogen) atoms. The Morgan fingerprint density at radius 3 is 2.32 bits per heavy atom. The van der Waals surface area contributed by atoms with Gasteiger partial charge in [0.05, 0.1) is 17.2 Å². The van der Waals surface area contributed by atoms with E-state index < -0.39 is 5.91 Å². The molecule has 2 aromatic carbocycles. The monoisotopic (exact) mass is 377 g/mol. The van der Waals surface area contributed by atoms with E-state index in [9.17, 15) is 14.0 Å². The van der Waals surface area contributed by atoms with Gasteiger partial charge >= 0.3 is 0 Å². The molecule has 1 aromatic heterocycles. The van der Waals surface area contributed by atoms with Crippen molar-refractivity contribution in [3.05, 3.63) is 101 Å². The van der Waals surface area contributed by atoms with Gasteiger partial charge in [-0.1, -0.05) is 48.5 Å². The molecule has 0 fully saturated rings. The van der Waals surface area contributed by atoms with Gasteiger partial charge in [-0.25, -0.2) is 4.39 Å². The average Bonchev–Trinajstić information content (AvgIpc) is 2.73. The Bertz CT molecular complexity index is 976. The lowest BCUT2D eigenvalue weighted by Gasteiger charge is -2.14. The number of halogens is 1. The molecule has 0 saturated carbocycles. The lowest BCUT2D eigenvalue weighted by atomic mass is 10.1. The molecule has 0 bridgehead atoms. The highest BCUT2D eigenvalue weighted by Crippen LogP contribution is 2.13. The minimum Gasteiger partial charge on any atom is -0.348 e. The van der Waals surface area contributed by atoms with Crippen LogP contribution in [0.25, 0.3) is 0 Å². The Morgan fingerprint density at radius 1 is 0.964 bits per heavy atom. The van der Waals surface area contributed by atoms with Gasteiger partial charge in [0, 0.05) is 24.5 Å². The van der Waals surface area contributed by atoms with E-state index in [1.807, 2.05) is 37.3 Å². The summed E-state index contributed by atoms with van der Waals surface area (Å²) in [6.45, 7) is 1.93. The molecule has 0 spiro atoms. The van der Waals surface area contributed by atoms with Crippen LogP contribution in [-0.4, -0.2) is 16.8 Å². The SMILES string of the molecule is CC(NC(=O)c1cncc(C(=O)NCc2ccccc2F)c1)c1ccccc1. The maximum Gasteiger partial charge on any atom is 0.253 e. The quantitative estimate of drug-likeness (QED) is 0.689. The third-order valence-corrected chi connectivity index (χ3v) is 4.31. The standard InChI is InChI=1S/C22H20FN3O2/c1-15(16-7-3-2-4-8-16)26-22(28)19-11-18(12-24-13-19)21(27)25-14-17-9-5-6-10-20(17)23/h2-13,15H,14H2,1H3,(H,25,27)(H,26,28). The number of nitrogens with one attached hydrogen (secondary N) is 2. The van der Waals surface area contributed by atoms with Crippen LogP contribution in [0.1, 0.15) is 44.8 Å². The van der Waals surface area contributed by atoms with Gasteiger partial charge in [0.15, 0.2) is 0 Å². The number of nitrogens with zero attached hydrogens (tertiary/aromatic N) is 1. The zero-order valence-electron chi connectivity index (χ0n) is 15.4. The van der Waals surface area contributed by atoms with Crippen LogP contribution in [0.15, 0.2) is 73.1 Å². The van der Waals surface area contributed by atoms with Crippen LogP contribution in [0, 0.1) is 5.82 Å². The molecule has 1 unspecified atom stereocenters. The molecule has 2 amide bonds. The van der Waals surface area contributed by atoms with E-state index in [4.69, 9.17) is 0 Å². The number of hydrogen-bond acceptors (Lipinski definition) is 3. The van der Waals surface area contributed by atoms with E-state index >= 15 is 0 Å². The number of benzene rings is 2. The van der Waals surface area contributed by atoms with Crippen molar-refractivity contribution in [3.63, 3.8) is 0 Å². The number of carbonyl (C=O) groups is 2. The van der Waals surface area contributed by atoms with Crippen LogP contribution in [0.4, 0.5) is 4.39 Å². The van der Waals surface area contributed by atoms with Gasteiger partial charge in [0.1, 0.15) is 5.82 Å². The van der Waals surface area contributed by atoms with E-state index in [0.29, 0.717) is 5.56 Å². The van der Waals surface area contributed by atoms with Crippen LogP contribution in [0.5, 0.6) is 0 Å². The summed E-state index contributed by atoms with van der Waals surface area (Å²) in [6, 6.07) is 17.1. The topological polar surface area (TPSA) is 71.1 Å². The number of carbonyl (C=O) groups excluding carboxylic acids is 2. The minimum absolute atomic E-state index is 0.0486. The van der Waals surface area contributed by atoms with Gasteiger partial charge in [0.2, 0.25) is 0 Å². The molecule has 1 heterocycles. The molecule has 0 radical (unpaired) electrons. The average molecular weight is 377 g/mol. The summed E-state index contributed by atoms with van der Waals surface area (Å²) in [6.07, 6.45) is 2.77. The van der Waals surface area contributed by atoms with Crippen LogP contribution in [-0.2, 0) is 6.54 Å². The highest BCUT2D eigenvalue weighted by atomic mass is 19.1. The molecule has 0 aliphatic rings. The Hall–Kier alpha value is -3.54. The zero-order chi connectivity index (χ0) is 19.9. The predicted octanol–water partition coefficient (Wildman–Crippen LogP) is 3.64. The molecule has 3 rings (SSSR count). The van der Waals surface area contributed by atoms with Crippen LogP contribution >= 0.6 is 0 Å². The molecule has 1 atom stereocenters. The summed E-state index contributed by atoms with van der Waals surface area (Å²) in [4.78, 5) is 28.8. The summed E-state index contributed by atoms with van der Waals surface area (Å²) in [7, 11) is 0. The van der Waals surface area contributed by atoms with E-state index in [0.717, 1.165) is 5.56 Å². The summed E-state index contributed by atoms with van der Waals surface area (Å²) < 4.78 is 13.7. The first-order chi connectivity index (χ1) is 13.5. The second-order valence-corrected chi connectivity index (χ2v) is 6.34. The van der Waals surface area contributed by atoms with Crippen molar-refractivity contribution in [2.45, 2.75) is 19.5 Å². The predicted molar refractivity (Wildman–Crippen MR) is 104 cm³/mol. The van der Waals surface area contributed by atoms with Crippen LogP contribution in [0.3, 0.4) is 0 Å². The van der Waals surface area contributed by atoms with Crippen LogP contribution in [0.2, 0.25) is 0 Å². The normalized spacial score (nSPS) is 11.5. The lowest BCUT2D eigenvalue weighted by Crippen LogP contribution is -2.28. The van der Waals surface area contributed by atoms with Gasteiger partial charge in [-0.15, -0.1) is 0 Å². The number of rotatable bonds is 6. The lowest BCUT2D eigenvalue weighted by molar-refractivity contribution is 0.0939. The maximum absolute atomic E-state index is 13.7. The van der Waals surface area contributed by atoms with Crippen molar-refractivity contribution in [2.24, 2.45) is 0 Å². The molecule has 6 heteroatoms. The number of pyridine rings is 1. The van der Waals surface area contributed by atoms with E-state index in [1.54, 1.807) is 18.2 Å². The summed E-state index contributed by atoms with van der Waals surface area (Å²) in [5, 5.41) is 5.52. The van der Waals surface area contributed by atoms with Crippen molar-refractivity contribution in [2.75, 3.05) is 0 Å². The maximum atomic E-state index is 13.7. The van der Waals surface area contributed by atoms with Gasteiger partial charge in [0.25, 0.3) is 11.8 Å². The van der Waals surface area contributed by atoms with Gasteiger partial charge < -0.3 is 10.6 Å². The molecule has 0 aliphatic carbocycles. The largest absolute Gasteiger partial charge is 0.348 e. The molecule has 5 nitrogen and oxygen atoms in total. The number of hydrogen-bond donors (Lipinski definition) is 2. The second-order valence-electron chi connectivity index (χ2n) is 6.34. The first kappa shape index (κ1) is 19.2. The Kier molecular flexibility index (Phi) is 6.11. The minimum atomic E-state index is -0.429. The molecular formula is C22H20FN3O2. The smallest absolute Gasteiger partial charge is 0.253 e. The fourth-order valence-corrected chi connectivity index (χ4v) is 2.71. The molecular weight excluding hydrogens is 357 g/mol. The fraction of sp³-hybridized carbons (Fsp3) is 0.136. The Morgan fingerprint density at radius 2 is 1.61 bits per heavy atom. The third kappa shape index (κ3) is 4.79. The third-order valence-electron chi connectivity index (χ3n) is 4.31.